The molecule has 4 heteroatoms. The number of rotatable bonds is 6. The Morgan fingerprint density at radius 3 is 2.29 bits per heavy atom. The Morgan fingerprint density at radius 2 is 1.76 bits per heavy atom. The molecule has 0 bridgehead atoms. The average Bonchev–Trinajstić information content (AvgIpc) is 3.04. The summed E-state index contributed by atoms with van der Waals surface area (Å²) < 4.78 is 13.0. The van der Waals surface area contributed by atoms with Gasteiger partial charge in [-0.3, -0.25) is 9.00 Å². The van der Waals surface area contributed by atoms with Crippen LogP contribution in [0.5, 0.6) is 0 Å². The number of amides is 1. The van der Waals surface area contributed by atoms with Gasteiger partial charge in [0, 0.05) is 29.1 Å². The lowest BCUT2D eigenvalue weighted by molar-refractivity contribution is -0.130. The highest BCUT2D eigenvalue weighted by molar-refractivity contribution is 7.86. The molecule has 1 fully saturated rings. The van der Waals surface area contributed by atoms with Crippen molar-refractivity contribution in [2.75, 3.05) is 13.1 Å². The zero-order chi connectivity index (χ0) is 15.2. The molecular weight excluding hydrogens is 282 g/mol. The summed E-state index contributed by atoms with van der Waals surface area (Å²) in [6.45, 7) is 5.28. The van der Waals surface area contributed by atoms with Gasteiger partial charge in [0.2, 0.25) is 5.91 Å². The molecule has 116 valence electrons. The van der Waals surface area contributed by atoms with Gasteiger partial charge < -0.3 is 4.90 Å². The fourth-order valence-electron chi connectivity index (χ4n) is 3.02. The van der Waals surface area contributed by atoms with Crippen LogP contribution < -0.4 is 0 Å². The largest absolute Gasteiger partial charge is 0.342 e. The van der Waals surface area contributed by atoms with Crippen molar-refractivity contribution in [3.8, 4) is 0 Å². The number of carbonyl (C=O) groups excluding carboxylic acids is 1. The van der Waals surface area contributed by atoms with Crippen LogP contribution in [0.4, 0.5) is 0 Å². The van der Waals surface area contributed by atoms with E-state index in [4.69, 9.17) is 0 Å². The molecule has 0 aliphatic heterocycles. The molecule has 1 aliphatic rings. The molecule has 1 aromatic carbocycles. The first-order valence-electron chi connectivity index (χ1n) is 7.92. The van der Waals surface area contributed by atoms with Gasteiger partial charge in [0.05, 0.1) is 0 Å². The summed E-state index contributed by atoms with van der Waals surface area (Å²) in [6.07, 6.45) is 4.25. The fourth-order valence-corrected chi connectivity index (χ4v) is 4.97. The van der Waals surface area contributed by atoms with Crippen LogP contribution in [0.25, 0.3) is 0 Å². The van der Waals surface area contributed by atoms with Gasteiger partial charge in [-0.25, -0.2) is 0 Å². The topological polar surface area (TPSA) is 37.4 Å². The Kier molecular flexibility index (Phi) is 5.97. The molecule has 3 nitrogen and oxygen atoms in total. The molecule has 1 amide bonds. The van der Waals surface area contributed by atoms with Gasteiger partial charge in [-0.1, -0.05) is 43.2 Å². The van der Waals surface area contributed by atoms with Crippen LogP contribution in [0.1, 0.15) is 50.3 Å². The van der Waals surface area contributed by atoms with Gasteiger partial charge in [0.15, 0.2) is 0 Å². The van der Waals surface area contributed by atoms with E-state index in [0.717, 1.165) is 31.2 Å². The third kappa shape index (κ3) is 3.73. The molecule has 1 aliphatic carbocycles. The highest BCUT2D eigenvalue weighted by Crippen LogP contribution is 2.32. The molecule has 0 aromatic heterocycles. The van der Waals surface area contributed by atoms with E-state index in [0.29, 0.717) is 13.1 Å². The van der Waals surface area contributed by atoms with Crippen molar-refractivity contribution < 1.29 is 9.00 Å². The van der Waals surface area contributed by atoms with Gasteiger partial charge in [-0.05, 0) is 32.3 Å². The normalized spacial score (nSPS) is 18.4. The third-order valence-electron chi connectivity index (χ3n) is 4.26. The lowest BCUT2D eigenvalue weighted by Crippen LogP contribution is -2.38. The predicted molar refractivity (Wildman–Crippen MR) is 87.5 cm³/mol. The molecule has 21 heavy (non-hydrogen) atoms. The van der Waals surface area contributed by atoms with Crippen LogP contribution in [-0.2, 0) is 15.6 Å². The number of benzene rings is 1. The Balaban J connectivity index is 2.30. The first-order valence-corrected chi connectivity index (χ1v) is 9.19. The maximum atomic E-state index is 13.0. The Hall–Kier alpha value is -1.16. The molecule has 0 spiro atoms. The second kappa shape index (κ2) is 7.74. The minimum atomic E-state index is -1.13. The molecule has 0 heterocycles. The molecule has 1 saturated carbocycles. The second-order valence-corrected chi connectivity index (χ2v) is 7.33. The van der Waals surface area contributed by atoms with Crippen LogP contribution in [0.15, 0.2) is 30.3 Å². The summed E-state index contributed by atoms with van der Waals surface area (Å²) in [4.78, 5) is 14.6. The zero-order valence-corrected chi connectivity index (χ0v) is 13.8. The second-order valence-electron chi connectivity index (χ2n) is 5.54. The Bertz CT molecular complexity index is 465. The minimum Gasteiger partial charge on any atom is -0.342 e. The highest BCUT2D eigenvalue weighted by Gasteiger charge is 2.35. The molecule has 0 unspecified atom stereocenters. The summed E-state index contributed by atoms with van der Waals surface area (Å²) >= 11 is 0. The number of nitrogens with zero attached hydrogens (tertiary/aromatic N) is 1. The summed E-state index contributed by atoms with van der Waals surface area (Å²) in [5, 5.41) is -0.330. The van der Waals surface area contributed by atoms with E-state index in [1.54, 1.807) is 4.90 Å². The van der Waals surface area contributed by atoms with Crippen molar-refractivity contribution in [2.24, 2.45) is 0 Å². The van der Waals surface area contributed by atoms with E-state index >= 15 is 0 Å². The lowest BCUT2D eigenvalue weighted by Gasteiger charge is -2.26. The molecule has 1 aromatic rings. The molecular formula is C17H25NO2S. The predicted octanol–water partition coefficient (Wildman–Crippen LogP) is 3.29. The SMILES string of the molecule is CCN(CC)C(=O)[C@@H](c1ccccc1)[S@@](=O)C1CCCC1. The van der Waals surface area contributed by atoms with Crippen molar-refractivity contribution in [3.63, 3.8) is 0 Å². The number of carbonyl (C=O) groups is 1. The van der Waals surface area contributed by atoms with Gasteiger partial charge in [-0.15, -0.1) is 0 Å². The summed E-state index contributed by atoms with van der Waals surface area (Å²) in [5.74, 6) is 0.0106. The quantitative estimate of drug-likeness (QED) is 0.809. The number of hydrogen-bond donors (Lipinski definition) is 0. The minimum absolute atomic E-state index is 0.0106. The Morgan fingerprint density at radius 1 is 1.19 bits per heavy atom. The molecule has 0 N–H and O–H groups in total. The molecule has 2 atom stereocenters. The maximum absolute atomic E-state index is 13.0. The van der Waals surface area contributed by atoms with Crippen LogP contribution in [0, 0.1) is 0 Å². The van der Waals surface area contributed by atoms with E-state index in [-0.39, 0.29) is 11.2 Å². The standard InChI is InChI=1S/C17H25NO2S/c1-3-18(4-2)17(19)16(14-10-6-5-7-11-14)21(20)15-12-8-9-13-15/h5-7,10-11,15-16H,3-4,8-9,12-13H2,1-2H3/t16-,21+/m1/s1. The van der Waals surface area contributed by atoms with E-state index < -0.39 is 16.0 Å². The van der Waals surface area contributed by atoms with Crippen molar-refractivity contribution in [2.45, 2.75) is 50.0 Å². The van der Waals surface area contributed by atoms with Crippen LogP contribution >= 0.6 is 0 Å². The smallest absolute Gasteiger partial charge is 0.242 e. The van der Waals surface area contributed by atoms with Crippen molar-refractivity contribution in [1.82, 2.24) is 4.90 Å². The molecule has 0 saturated heterocycles. The van der Waals surface area contributed by atoms with Crippen molar-refractivity contribution in [1.29, 1.82) is 0 Å². The van der Waals surface area contributed by atoms with Crippen molar-refractivity contribution >= 4 is 16.7 Å². The lowest BCUT2D eigenvalue weighted by atomic mass is 10.1. The molecule has 2 rings (SSSR count). The van der Waals surface area contributed by atoms with E-state index in [1.807, 2.05) is 44.2 Å². The summed E-state index contributed by atoms with van der Waals surface area (Å²) in [5.41, 5.74) is 0.889. The van der Waals surface area contributed by atoms with Crippen LogP contribution in [0.3, 0.4) is 0 Å². The van der Waals surface area contributed by atoms with Gasteiger partial charge >= 0.3 is 0 Å². The fraction of sp³-hybridized carbons (Fsp3) is 0.588. The van der Waals surface area contributed by atoms with Crippen LogP contribution in [-0.4, -0.2) is 33.4 Å². The zero-order valence-electron chi connectivity index (χ0n) is 13.0. The van der Waals surface area contributed by atoms with Crippen LogP contribution in [0.2, 0.25) is 0 Å². The van der Waals surface area contributed by atoms with E-state index in [2.05, 4.69) is 0 Å². The summed E-state index contributed by atoms with van der Waals surface area (Å²) in [7, 11) is -1.13. The first kappa shape index (κ1) is 16.2. The highest BCUT2D eigenvalue weighted by atomic mass is 32.2. The van der Waals surface area contributed by atoms with Gasteiger partial charge in [-0.2, -0.15) is 0 Å². The van der Waals surface area contributed by atoms with E-state index in [1.165, 1.54) is 0 Å². The monoisotopic (exact) mass is 307 g/mol. The third-order valence-corrected chi connectivity index (χ3v) is 6.33. The average molecular weight is 307 g/mol. The van der Waals surface area contributed by atoms with Gasteiger partial charge in [0.25, 0.3) is 0 Å². The van der Waals surface area contributed by atoms with E-state index in [9.17, 15) is 9.00 Å². The Labute approximate surface area is 130 Å². The number of likely N-dealkylation sites (N-methyl/N-ethyl adjacent to an activating group) is 1. The number of hydrogen-bond acceptors (Lipinski definition) is 2. The first-order chi connectivity index (χ1) is 10.2. The maximum Gasteiger partial charge on any atom is 0.242 e. The van der Waals surface area contributed by atoms with Crippen molar-refractivity contribution in [3.05, 3.63) is 35.9 Å². The molecule has 0 radical (unpaired) electrons. The summed E-state index contributed by atoms with van der Waals surface area (Å²) in [6, 6.07) is 9.63. The van der Waals surface area contributed by atoms with Gasteiger partial charge in [0.1, 0.15) is 5.25 Å².